The van der Waals surface area contributed by atoms with Crippen molar-refractivity contribution in [1.29, 1.82) is 0 Å². The second-order valence-electron chi connectivity index (χ2n) is 9.07. The summed E-state index contributed by atoms with van der Waals surface area (Å²) in [6, 6.07) is 6.83. The molecule has 1 unspecified atom stereocenters. The van der Waals surface area contributed by atoms with E-state index in [0.717, 1.165) is 25.2 Å². The fraction of sp³-hybridized carbons (Fsp3) is 0.565. The molecule has 1 atom stereocenters. The van der Waals surface area contributed by atoms with Gasteiger partial charge in [0.25, 0.3) is 5.92 Å². The summed E-state index contributed by atoms with van der Waals surface area (Å²) in [5.74, 6) is -2.09. The largest absolute Gasteiger partial charge is 0.473 e. The van der Waals surface area contributed by atoms with Gasteiger partial charge >= 0.3 is 5.69 Å². The first-order chi connectivity index (χ1) is 15.4. The molecule has 172 valence electrons. The predicted octanol–water partition coefficient (Wildman–Crippen LogP) is 3.57. The van der Waals surface area contributed by atoms with Crippen molar-refractivity contribution in [3.05, 3.63) is 51.7 Å². The first-order valence-corrected chi connectivity index (χ1v) is 11.3. The van der Waals surface area contributed by atoms with Gasteiger partial charge in [-0.1, -0.05) is 12.1 Å². The van der Waals surface area contributed by atoms with Crippen molar-refractivity contribution >= 4 is 5.82 Å². The highest BCUT2D eigenvalue weighted by atomic mass is 19.3. The molecule has 0 spiro atoms. The number of likely N-dealkylation sites (tertiary alicyclic amines) is 1. The quantitative estimate of drug-likeness (QED) is 0.700. The molecule has 4 heterocycles. The van der Waals surface area contributed by atoms with Gasteiger partial charge < -0.3 is 9.64 Å². The van der Waals surface area contributed by atoms with Gasteiger partial charge in [0.15, 0.2) is 0 Å². The van der Waals surface area contributed by atoms with E-state index in [1.165, 1.54) is 12.5 Å². The van der Waals surface area contributed by atoms with E-state index in [1.54, 1.807) is 27.7 Å². The number of piperidine rings is 2. The Hall–Kier alpha value is -2.55. The lowest BCUT2D eigenvalue weighted by Crippen LogP contribution is -2.42. The van der Waals surface area contributed by atoms with Crippen molar-refractivity contribution in [2.45, 2.75) is 63.8 Å². The molecule has 5 rings (SSSR count). The number of ether oxygens (including phenoxy) is 1. The number of hydrogen-bond acceptors (Lipinski definition) is 5. The zero-order valence-corrected chi connectivity index (χ0v) is 17.9. The summed E-state index contributed by atoms with van der Waals surface area (Å²) in [6.07, 6.45) is 3.64. The Morgan fingerprint density at radius 1 is 1.16 bits per heavy atom. The Bertz CT molecular complexity index is 1060. The fourth-order valence-electron chi connectivity index (χ4n) is 5.05. The molecule has 0 radical (unpaired) electrons. The van der Waals surface area contributed by atoms with E-state index in [9.17, 15) is 18.0 Å². The molecular weight excluding hydrogens is 421 g/mol. The highest BCUT2D eigenvalue weighted by Crippen LogP contribution is 2.32. The minimum atomic E-state index is -2.71. The van der Waals surface area contributed by atoms with Crippen LogP contribution in [0.5, 0.6) is 5.88 Å². The number of benzene rings is 1. The van der Waals surface area contributed by atoms with Crippen molar-refractivity contribution < 1.29 is 17.9 Å². The summed E-state index contributed by atoms with van der Waals surface area (Å²) >= 11 is 0. The van der Waals surface area contributed by atoms with Gasteiger partial charge in [0.2, 0.25) is 5.88 Å². The van der Waals surface area contributed by atoms with Crippen LogP contribution in [-0.2, 0) is 19.7 Å². The number of alkyl halides is 2. The normalized spacial score (nSPS) is 22.5. The van der Waals surface area contributed by atoms with Crippen molar-refractivity contribution in [3.63, 3.8) is 0 Å². The molecule has 3 aliphatic heterocycles. The van der Waals surface area contributed by atoms with Gasteiger partial charge in [-0.2, -0.15) is 4.98 Å². The van der Waals surface area contributed by atoms with Crippen LogP contribution in [0.1, 0.15) is 43.2 Å². The Morgan fingerprint density at radius 3 is 2.84 bits per heavy atom. The maximum Gasteiger partial charge on any atom is 0.352 e. The molecule has 0 saturated carbocycles. The van der Waals surface area contributed by atoms with Crippen LogP contribution in [-0.4, -0.2) is 46.0 Å². The molecule has 1 aromatic heterocycles. The molecule has 2 fully saturated rings. The Kier molecular flexibility index (Phi) is 5.61. The standard InChI is InChI=1S/C23H27F3N4O2/c24-19-10-16(5-6-17(19)12-28-8-3-7-23(25,26)15-28)14-32-20-11-21-29-9-2-1-4-18(29)13-30(21)22(31)27-20/h5-6,10-11,18H,1-4,7-9,12-15H2. The van der Waals surface area contributed by atoms with E-state index in [-0.39, 0.29) is 37.7 Å². The Labute approximate surface area is 184 Å². The molecule has 0 bridgehead atoms. The average molecular weight is 448 g/mol. The number of rotatable bonds is 5. The molecule has 2 aromatic rings. The molecule has 0 aliphatic carbocycles. The first-order valence-electron chi connectivity index (χ1n) is 11.3. The van der Waals surface area contributed by atoms with Crippen molar-refractivity contribution in [2.75, 3.05) is 24.5 Å². The number of halogens is 3. The number of hydrogen-bond donors (Lipinski definition) is 0. The molecule has 6 nitrogen and oxygen atoms in total. The number of nitrogens with zero attached hydrogens (tertiary/aromatic N) is 4. The number of anilines is 1. The Morgan fingerprint density at radius 2 is 2.03 bits per heavy atom. The summed E-state index contributed by atoms with van der Waals surface area (Å²) < 4.78 is 49.2. The molecule has 1 aromatic carbocycles. The lowest BCUT2D eigenvalue weighted by molar-refractivity contribution is -0.0663. The monoisotopic (exact) mass is 448 g/mol. The van der Waals surface area contributed by atoms with Crippen LogP contribution in [0.3, 0.4) is 0 Å². The number of aromatic nitrogens is 2. The van der Waals surface area contributed by atoms with Crippen molar-refractivity contribution in [3.8, 4) is 5.88 Å². The van der Waals surface area contributed by atoms with Crippen LogP contribution in [0, 0.1) is 5.82 Å². The van der Waals surface area contributed by atoms with Crippen LogP contribution in [0.25, 0.3) is 0 Å². The predicted molar refractivity (Wildman–Crippen MR) is 114 cm³/mol. The van der Waals surface area contributed by atoms with E-state index in [1.807, 2.05) is 0 Å². The second-order valence-corrected chi connectivity index (χ2v) is 9.07. The van der Waals surface area contributed by atoms with Crippen LogP contribution >= 0.6 is 0 Å². The third kappa shape index (κ3) is 4.35. The van der Waals surface area contributed by atoms with Gasteiger partial charge in [-0.05, 0) is 43.9 Å². The summed E-state index contributed by atoms with van der Waals surface area (Å²) in [4.78, 5) is 20.3. The van der Waals surface area contributed by atoms with Crippen LogP contribution in [0.15, 0.2) is 29.1 Å². The third-order valence-corrected chi connectivity index (χ3v) is 6.65. The second kappa shape index (κ2) is 8.42. The average Bonchev–Trinajstić information content (AvgIpc) is 3.13. The van der Waals surface area contributed by atoms with Crippen LogP contribution in [0.2, 0.25) is 0 Å². The summed E-state index contributed by atoms with van der Waals surface area (Å²) in [7, 11) is 0. The van der Waals surface area contributed by atoms with E-state index < -0.39 is 11.7 Å². The fourth-order valence-corrected chi connectivity index (χ4v) is 5.05. The lowest BCUT2D eigenvalue weighted by Gasteiger charge is -2.32. The highest BCUT2D eigenvalue weighted by Gasteiger charge is 2.35. The SMILES string of the molecule is O=c1nc(OCc2ccc(CN3CCCC(F)(F)C3)c(F)c2)cc2n1CC1CCCCN21. The molecule has 0 amide bonds. The molecular formula is C23H27F3N4O2. The third-order valence-electron chi connectivity index (χ3n) is 6.65. The molecule has 2 saturated heterocycles. The van der Waals surface area contributed by atoms with Gasteiger partial charge in [-0.15, -0.1) is 0 Å². The molecule has 0 N–H and O–H groups in total. The van der Waals surface area contributed by atoms with Gasteiger partial charge in [0.05, 0.1) is 6.54 Å². The zero-order valence-electron chi connectivity index (χ0n) is 17.9. The minimum Gasteiger partial charge on any atom is -0.473 e. The van der Waals surface area contributed by atoms with Gasteiger partial charge in [-0.3, -0.25) is 9.47 Å². The van der Waals surface area contributed by atoms with Gasteiger partial charge in [-0.25, -0.2) is 18.0 Å². The molecule has 32 heavy (non-hydrogen) atoms. The summed E-state index contributed by atoms with van der Waals surface area (Å²) in [6.45, 7) is 2.01. The van der Waals surface area contributed by atoms with Crippen molar-refractivity contribution in [1.82, 2.24) is 14.5 Å². The van der Waals surface area contributed by atoms with Gasteiger partial charge in [0, 0.05) is 43.7 Å². The van der Waals surface area contributed by atoms with E-state index in [0.29, 0.717) is 36.7 Å². The van der Waals surface area contributed by atoms with E-state index in [4.69, 9.17) is 4.74 Å². The topological polar surface area (TPSA) is 50.6 Å². The highest BCUT2D eigenvalue weighted by molar-refractivity contribution is 5.47. The summed E-state index contributed by atoms with van der Waals surface area (Å²) in [5, 5.41) is 0. The maximum atomic E-state index is 14.6. The first kappa shape index (κ1) is 21.3. The van der Waals surface area contributed by atoms with Gasteiger partial charge in [0.1, 0.15) is 18.2 Å². The number of fused-ring (bicyclic) bond motifs is 3. The minimum absolute atomic E-state index is 0.0678. The van der Waals surface area contributed by atoms with Crippen LogP contribution in [0.4, 0.5) is 19.0 Å². The molecule has 9 heteroatoms. The van der Waals surface area contributed by atoms with Crippen molar-refractivity contribution in [2.24, 2.45) is 0 Å². The molecule has 3 aliphatic rings. The van der Waals surface area contributed by atoms with E-state index >= 15 is 0 Å². The van der Waals surface area contributed by atoms with E-state index in [2.05, 4.69) is 9.88 Å². The zero-order chi connectivity index (χ0) is 22.3. The smallest absolute Gasteiger partial charge is 0.352 e. The lowest BCUT2D eigenvalue weighted by atomic mass is 10.0. The maximum absolute atomic E-state index is 14.6. The summed E-state index contributed by atoms with van der Waals surface area (Å²) in [5.41, 5.74) is 0.650. The van der Waals surface area contributed by atoms with Crippen LogP contribution < -0.4 is 15.3 Å². The Balaban J connectivity index is 1.24.